The van der Waals surface area contributed by atoms with Gasteiger partial charge in [-0.05, 0) is 55.4 Å². The summed E-state index contributed by atoms with van der Waals surface area (Å²) in [5.41, 5.74) is 0.202. The molecule has 9 nitrogen and oxygen atoms in total. The van der Waals surface area contributed by atoms with E-state index in [1.54, 1.807) is 0 Å². The molecule has 6 atom stereocenters. The number of amides is 1. The fourth-order valence-electron chi connectivity index (χ4n) is 8.22. The molecule has 2 heterocycles. The second kappa shape index (κ2) is 8.35. The highest BCUT2D eigenvalue weighted by Gasteiger charge is 2.67. The van der Waals surface area contributed by atoms with E-state index in [4.69, 9.17) is 9.84 Å². The molecule has 37 heavy (non-hydrogen) atoms. The molecule has 1 spiro atoms. The lowest BCUT2D eigenvalue weighted by molar-refractivity contribution is -0.210. The summed E-state index contributed by atoms with van der Waals surface area (Å²) < 4.78 is 6.95. The van der Waals surface area contributed by atoms with Crippen molar-refractivity contribution in [3.05, 3.63) is 22.8 Å². The number of aliphatic hydroxyl groups is 1. The van der Waals surface area contributed by atoms with Gasteiger partial charge in [0.25, 0.3) is 5.91 Å². The van der Waals surface area contributed by atoms with Crippen molar-refractivity contribution in [2.75, 3.05) is 0 Å². The fourth-order valence-corrected chi connectivity index (χ4v) is 8.22. The molecule has 1 aromatic rings. The van der Waals surface area contributed by atoms with Crippen LogP contribution in [0.15, 0.2) is 6.07 Å². The summed E-state index contributed by atoms with van der Waals surface area (Å²) in [5.74, 6) is -2.14. The molecule has 1 amide bonds. The molecule has 0 saturated heterocycles. The van der Waals surface area contributed by atoms with Crippen molar-refractivity contribution in [2.24, 2.45) is 22.7 Å². The highest BCUT2D eigenvalue weighted by Crippen LogP contribution is 2.67. The molecule has 2 fully saturated rings. The Kier molecular flexibility index (Phi) is 5.83. The Morgan fingerprint density at radius 3 is 2.51 bits per heavy atom. The number of hydrogen-bond acceptors (Lipinski definition) is 6. The largest absolute Gasteiger partial charge is 0.508 e. The normalized spacial score (nSPS) is 34.5. The summed E-state index contributed by atoms with van der Waals surface area (Å²) in [6.45, 7) is 8.66. The molecular formula is C28H37NO8. The lowest BCUT2D eigenvalue weighted by Crippen LogP contribution is -2.66. The van der Waals surface area contributed by atoms with Gasteiger partial charge < -0.3 is 30.1 Å². The number of fused-ring (bicyclic) bond motifs is 5. The topological polar surface area (TPSA) is 145 Å². The Labute approximate surface area is 216 Å². The van der Waals surface area contributed by atoms with Gasteiger partial charge in [0.15, 0.2) is 0 Å². The first-order valence-corrected chi connectivity index (χ1v) is 13.2. The Balaban J connectivity index is 1.55. The number of ether oxygens (including phenoxy) is 1. The van der Waals surface area contributed by atoms with Gasteiger partial charge in [0.2, 0.25) is 0 Å². The number of aliphatic carboxylic acids is 2. The van der Waals surface area contributed by atoms with Gasteiger partial charge in [-0.3, -0.25) is 9.59 Å². The number of carbonyl (C=O) groups excluding carboxylic acids is 1. The molecule has 0 radical (unpaired) electrons. The minimum Gasteiger partial charge on any atom is -0.508 e. The molecule has 2 aliphatic heterocycles. The molecule has 2 saturated carbocycles. The molecule has 202 valence electrons. The van der Waals surface area contributed by atoms with E-state index >= 15 is 0 Å². The van der Waals surface area contributed by atoms with Gasteiger partial charge in [0.1, 0.15) is 23.1 Å². The number of carbonyl (C=O) groups is 3. The lowest BCUT2D eigenvalue weighted by Gasteiger charge is -2.64. The maximum Gasteiger partial charge on any atom is 0.326 e. The average Bonchev–Trinajstić information content (AvgIpc) is 3.36. The zero-order valence-corrected chi connectivity index (χ0v) is 21.9. The van der Waals surface area contributed by atoms with Gasteiger partial charge in [-0.2, -0.15) is 0 Å². The highest BCUT2D eigenvalue weighted by molar-refractivity contribution is 6.02. The second-order valence-corrected chi connectivity index (χ2v) is 12.4. The molecule has 9 heteroatoms. The van der Waals surface area contributed by atoms with Crippen LogP contribution in [0.5, 0.6) is 11.5 Å². The van der Waals surface area contributed by atoms with E-state index in [0.717, 1.165) is 19.3 Å². The number of carboxylic acids is 2. The Morgan fingerprint density at radius 2 is 1.86 bits per heavy atom. The lowest BCUT2D eigenvalue weighted by atomic mass is 9.43. The van der Waals surface area contributed by atoms with Crippen LogP contribution in [0, 0.1) is 22.7 Å². The predicted octanol–water partition coefficient (Wildman–Crippen LogP) is 3.57. The monoisotopic (exact) mass is 515 g/mol. The number of aliphatic hydroxyl groups excluding tert-OH is 1. The summed E-state index contributed by atoms with van der Waals surface area (Å²) in [6.07, 6.45) is 2.83. The molecule has 0 aromatic heterocycles. The minimum atomic E-state index is -1.29. The molecule has 0 bridgehead atoms. The van der Waals surface area contributed by atoms with Crippen LogP contribution in [0.3, 0.4) is 0 Å². The molecule has 1 aromatic carbocycles. The van der Waals surface area contributed by atoms with E-state index in [-0.39, 0.29) is 53.4 Å². The maximum atomic E-state index is 13.3. The first-order valence-electron chi connectivity index (χ1n) is 13.2. The molecular weight excluding hydrogens is 478 g/mol. The minimum absolute atomic E-state index is 0.0117. The van der Waals surface area contributed by atoms with Crippen LogP contribution in [0.25, 0.3) is 0 Å². The molecule has 5 rings (SSSR count). The zero-order chi connectivity index (χ0) is 27.1. The van der Waals surface area contributed by atoms with E-state index in [9.17, 15) is 29.7 Å². The average molecular weight is 516 g/mol. The van der Waals surface area contributed by atoms with Crippen LogP contribution in [0.2, 0.25) is 0 Å². The highest BCUT2D eigenvalue weighted by atomic mass is 16.5. The summed E-state index contributed by atoms with van der Waals surface area (Å²) in [7, 11) is 0. The van der Waals surface area contributed by atoms with Crippen LogP contribution in [-0.4, -0.2) is 60.9 Å². The summed E-state index contributed by atoms with van der Waals surface area (Å²) in [4.78, 5) is 37.6. The van der Waals surface area contributed by atoms with Crippen molar-refractivity contribution in [3.8, 4) is 11.5 Å². The third kappa shape index (κ3) is 3.49. The summed E-state index contributed by atoms with van der Waals surface area (Å²) in [6, 6.07) is 0.122. The first-order chi connectivity index (χ1) is 17.2. The van der Waals surface area contributed by atoms with Crippen molar-refractivity contribution in [1.29, 1.82) is 0 Å². The van der Waals surface area contributed by atoms with Crippen molar-refractivity contribution >= 4 is 17.8 Å². The second-order valence-electron chi connectivity index (χ2n) is 12.4. The standard InChI is InChI=1S/C28H37NO8/c1-14-5-7-20-26(2,3)21(31)9-10-27(20,4)28(14)12-16-19(30)11-15-17(23(16)37-28)13-29(24(15)34)18(25(35)36)6-8-22(32)33/h11,14,18,20-21,30-31H,5-10,12-13H2,1-4H3,(H,32,33)(H,35,36)/t14-,18+,20-,21-,27+,28-/m1/s1. The van der Waals surface area contributed by atoms with E-state index in [1.165, 1.54) is 11.0 Å². The first kappa shape index (κ1) is 25.8. The van der Waals surface area contributed by atoms with Crippen molar-refractivity contribution in [2.45, 2.75) is 96.9 Å². The third-order valence-corrected chi connectivity index (χ3v) is 10.4. The van der Waals surface area contributed by atoms with Gasteiger partial charge in [0, 0.05) is 29.4 Å². The predicted molar refractivity (Wildman–Crippen MR) is 132 cm³/mol. The molecule has 0 unspecified atom stereocenters. The number of benzene rings is 1. The third-order valence-electron chi connectivity index (χ3n) is 10.4. The number of aromatic hydroxyl groups is 1. The van der Waals surface area contributed by atoms with Gasteiger partial charge in [-0.25, -0.2) is 4.79 Å². The van der Waals surface area contributed by atoms with Crippen LogP contribution in [0.4, 0.5) is 0 Å². The van der Waals surface area contributed by atoms with Crippen molar-refractivity contribution < 1.29 is 39.5 Å². The quantitative estimate of drug-likeness (QED) is 0.466. The smallest absolute Gasteiger partial charge is 0.326 e. The number of hydrogen-bond donors (Lipinski definition) is 4. The van der Waals surface area contributed by atoms with Gasteiger partial charge in [-0.15, -0.1) is 0 Å². The van der Waals surface area contributed by atoms with E-state index in [0.29, 0.717) is 29.7 Å². The van der Waals surface area contributed by atoms with E-state index in [2.05, 4.69) is 27.7 Å². The summed E-state index contributed by atoms with van der Waals surface area (Å²) in [5, 5.41) is 40.8. The Bertz CT molecular complexity index is 1180. The maximum absolute atomic E-state index is 13.3. The van der Waals surface area contributed by atoms with Crippen molar-refractivity contribution in [1.82, 2.24) is 4.90 Å². The van der Waals surface area contributed by atoms with E-state index in [1.807, 2.05) is 0 Å². The van der Waals surface area contributed by atoms with Gasteiger partial charge in [0.05, 0.1) is 18.2 Å². The number of carboxylic acid groups (broad SMARTS) is 2. The van der Waals surface area contributed by atoms with Gasteiger partial charge >= 0.3 is 11.9 Å². The van der Waals surface area contributed by atoms with Crippen LogP contribution >= 0.6 is 0 Å². The van der Waals surface area contributed by atoms with Crippen LogP contribution in [-0.2, 0) is 22.6 Å². The summed E-state index contributed by atoms with van der Waals surface area (Å²) >= 11 is 0. The van der Waals surface area contributed by atoms with Crippen LogP contribution in [0.1, 0.15) is 87.7 Å². The SMILES string of the molecule is C[C@@H]1CC[C@@H]2C(C)(C)[C@H](O)CC[C@]2(C)[C@@]12Cc1c(O)cc3c(c1O2)CN([C@@H](CCC(=O)O)C(=O)O)C3=O. The number of rotatable bonds is 5. The van der Waals surface area contributed by atoms with Crippen LogP contribution < -0.4 is 4.74 Å². The van der Waals surface area contributed by atoms with Crippen molar-refractivity contribution in [3.63, 3.8) is 0 Å². The molecule has 4 aliphatic rings. The Hall–Kier alpha value is -2.81. The number of phenolic OH excluding ortho intramolecular Hbond substituents is 1. The fraction of sp³-hybridized carbons (Fsp3) is 0.679. The zero-order valence-electron chi connectivity index (χ0n) is 21.9. The number of nitrogens with zero attached hydrogens (tertiary/aromatic N) is 1. The van der Waals surface area contributed by atoms with Gasteiger partial charge in [-0.1, -0.05) is 27.7 Å². The Morgan fingerprint density at radius 1 is 1.16 bits per heavy atom. The molecule has 4 N–H and O–H groups in total. The number of phenols is 1. The molecule has 2 aliphatic carbocycles. The van der Waals surface area contributed by atoms with E-state index < -0.39 is 35.6 Å².